The monoisotopic (exact) mass is 358 g/mol. The van der Waals surface area contributed by atoms with Gasteiger partial charge in [0, 0.05) is 31.6 Å². The summed E-state index contributed by atoms with van der Waals surface area (Å²) in [6.45, 7) is 7.80. The van der Waals surface area contributed by atoms with E-state index in [-0.39, 0.29) is 11.7 Å². The Morgan fingerprint density at radius 3 is 2.42 bits per heavy atom. The molecule has 1 aromatic heterocycles. The molecule has 1 amide bonds. The van der Waals surface area contributed by atoms with Crippen LogP contribution in [-0.4, -0.2) is 64.0 Å². The summed E-state index contributed by atoms with van der Waals surface area (Å²) >= 11 is 0. The van der Waals surface area contributed by atoms with E-state index in [4.69, 9.17) is 4.74 Å². The molecule has 1 aliphatic heterocycles. The highest BCUT2D eigenvalue weighted by atomic mass is 16.6. The number of carbonyl (C=O) groups is 2. The maximum atomic E-state index is 12.2. The van der Waals surface area contributed by atoms with Crippen LogP contribution in [0, 0.1) is 0 Å². The van der Waals surface area contributed by atoms with Crippen LogP contribution in [0.25, 0.3) is 10.9 Å². The van der Waals surface area contributed by atoms with Crippen LogP contribution >= 0.6 is 0 Å². The van der Waals surface area contributed by atoms with Crippen LogP contribution in [0.15, 0.2) is 24.4 Å². The summed E-state index contributed by atoms with van der Waals surface area (Å²) in [6, 6.07) is 5.00. The number of nitrogens with zero attached hydrogens (tertiary/aromatic N) is 4. The van der Waals surface area contributed by atoms with E-state index in [1.807, 2.05) is 20.8 Å². The van der Waals surface area contributed by atoms with Crippen molar-refractivity contribution in [2.45, 2.75) is 26.4 Å². The largest absolute Gasteiger partial charge is 0.478 e. The Kier molecular flexibility index (Phi) is 4.67. The van der Waals surface area contributed by atoms with Gasteiger partial charge in [0.1, 0.15) is 11.1 Å². The average molecular weight is 358 g/mol. The highest BCUT2D eigenvalue weighted by Crippen LogP contribution is 2.28. The zero-order valence-electron chi connectivity index (χ0n) is 15.1. The predicted molar refractivity (Wildman–Crippen MR) is 96.5 cm³/mol. The van der Waals surface area contributed by atoms with Crippen molar-refractivity contribution in [1.29, 1.82) is 0 Å². The maximum Gasteiger partial charge on any atom is 0.410 e. The van der Waals surface area contributed by atoms with Gasteiger partial charge in [-0.15, -0.1) is 5.10 Å². The van der Waals surface area contributed by atoms with Gasteiger partial charge in [0.05, 0.1) is 17.4 Å². The Labute approximate surface area is 151 Å². The van der Waals surface area contributed by atoms with Crippen LogP contribution in [0.3, 0.4) is 0 Å². The van der Waals surface area contributed by atoms with Crippen LogP contribution in [0.4, 0.5) is 10.5 Å². The molecule has 1 saturated heterocycles. The van der Waals surface area contributed by atoms with E-state index < -0.39 is 11.6 Å². The molecule has 1 aromatic carbocycles. The first-order chi connectivity index (χ1) is 12.3. The number of carboxylic acid groups (broad SMARTS) is 1. The molecule has 2 aromatic rings. The van der Waals surface area contributed by atoms with Crippen LogP contribution in [0.5, 0.6) is 0 Å². The van der Waals surface area contributed by atoms with Gasteiger partial charge in [0.2, 0.25) is 0 Å². The van der Waals surface area contributed by atoms with Gasteiger partial charge in [-0.3, -0.25) is 0 Å². The van der Waals surface area contributed by atoms with E-state index in [0.29, 0.717) is 37.1 Å². The maximum absolute atomic E-state index is 12.2. The summed E-state index contributed by atoms with van der Waals surface area (Å²) in [5, 5.41) is 17.9. The minimum atomic E-state index is -0.996. The van der Waals surface area contributed by atoms with Crippen molar-refractivity contribution in [3.05, 3.63) is 30.0 Å². The third-order valence-corrected chi connectivity index (χ3v) is 4.16. The fourth-order valence-corrected chi connectivity index (χ4v) is 2.97. The van der Waals surface area contributed by atoms with Crippen molar-refractivity contribution < 1.29 is 19.4 Å². The van der Waals surface area contributed by atoms with Gasteiger partial charge in [0.15, 0.2) is 0 Å². The Morgan fingerprint density at radius 2 is 1.81 bits per heavy atom. The second-order valence-electron chi connectivity index (χ2n) is 7.19. The SMILES string of the molecule is CC(C)(C)OC(=O)N1CCN(c2ccc(C(=O)O)c3ccnnc23)CC1. The Hall–Kier alpha value is -2.90. The van der Waals surface area contributed by atoms with Crippen LogP contribution in [0.1, 0.15) is 31.1 Å². The third-order valence-electron chi connectivity index (χ3n) is 4.16. The molecule has 138 valence electrons. The third kappa shape index (κ3) is 3.68. The molecule has 0 aliphatic carbocycles. The van der Waals surface area contributed by atoms with Gasteiger partial charge in [-0.25, -0.2) is 9.59 Å². The molecular formula is C18H22N4O4. The number of fused-ring (bicyclic) bond motifs is 1. The molecule has 0 radical (unpaired) electrons. The van der Waals surface area contributed by atoms with Crippen molar-refractivity contribution >= 4 is 28.7 Å². The van der Waals surface area contributed by atoms with E-state index in [9.17, 15) is 14.7 Å². The number of anilines is 1. The van der Waals surface area contributed by atoms with E-state index in [0.717, 1.165) is 5.69 Å². The Bertz CT molecular complexity index is 839. The lowest BCUT2D eigenvalue weighted by Crippen LogP contribution is -2.50. The highest BCUT2D eigenvalue weighted by molar-refractivity contribution is 6.06. The quantitative estimate of drug-likeness (QED) is 0.880. The lowest BCUT2D eigenvalue weighted by Gasteiger charge is -2.37. The molecule has 0 atom stereocenters. The van der Waals surface area contributed by atoms with Crippen molar-refractivity contribution in [2.24, 2.45) is 0 Å². The zero-order valence-corrected chi connectivity index (χ0v) is 15.1. The predicted octanol–water partition coefficient (Wildman–Crippen LogP) is 2.39. The average Bonchev–Trinajstić information content (AvgIpc) is 2.59. The molecule has 0 saturated carbocycles. The number of carboxylic acids is 1. The number of piperazine rings is 1. The van der Waals surface area contributed by atoms with E-state index in [1.165, 1.54) is 6.20 Å². The molecule has 1 N–H and O–H groups in total. The number of ether oxygens (including phenoxy) is 1. The smallest absolute Gasteiger partial charge is 0.410 e. The second kappa shape index (κ2) is 6.78. The van der Waals surface area contributed by atoms with Crippen molar-refractivity contribution in [1.82, 2.24) is 15.1 Å². The first-order valence-corrected chi connectivity index (χ1v) is 8.47. The van der Waals surface area contributed by atoms with Gasteiger partial charge in [-0.05, 0) is 39.0 Å². The van der Waals surface area contributed by atoms with Crippen molar-refractivity contribution in [3.63, 3.8) is 0 Å². The van der Waals surface area contributed by atoms with E-state index in [1.54, 1.807) is 23.1 Å². The number of aromatic carboxylic acids is 1. The van der Waals surface area contributed by atoms with Crippen LogP contribution in [-0.2, 0) is 4.74 Å². The van der Waals surface area contributed by atoms with E-state index >= 15 is 0 Å². The van der Waals surface area contributed by atoms with Crippen molar-refractivity contribution in [3.8, 4) is 0 Å². The second-order valence-corrected chi connectivity index (χ2v) is 7.19. The Balaban J connectivity index is 1.79. The molecule has 8 heteroatoms. The van der Waals surface area contributed by atoms with Gasteiger partial charge in [-0.2, -0.15) is 5.10 Å². The fraction of sp³-hybridized carbons (Fsp3) is 0.444. The van der Waals surface area contributed by atoms with Gasteiger partial charge in [-0.1, -0.05) is 0 Å². The highest BCUT2D eigenvalue weighted by Gasteiger charge is 2.27. The van der Waals surface area contributed by atoms with E-state index in [2.05, 4.69) is 15.1 Å². The topological polar surface area (TPSA) is 95.9 Å². The molecule has 0 bridgehead atoms. The van der Waals surface area contributed by atoms with Crippen molar-refractivity contribution in [2.75, 3.05) is 31.1 Å². The molecule has 0 unspecified atom stereocenters. The summed E-state index contributed by atoms with van der Waals surface area (Å²) in [7, 11) is 0. The minimum absolute atomic E-state index is 0.200. The standard InChI is InChI=1S/C18H22N4O4/c1-18(2,3)26-17(25)22-10-8-21(9-11-22)14-5-4-13(16(23)24)12-6-7-19-20-15(12)14/h4-7H,8-11H2,1-3H3,(H,23,24). The molecule has 1 aliphatic rings. The molecule has 3 rings (SSSR count). The summed E-state index contributed by atoms with van der Waals surface area (Å²) in [5.41, 5.74) is 1.05. The molecular weight excluding hydrogens is 336 g/mol. The molecule has 26 heavy (non-hydrogen) atoms. The molecule has 8 nitrogen and oxygen atoms in total. The summed E-state index contributed by atoms with van der Waals surface area (Å²) < 4.78 is 5.41. The first kappa shape index (κ1) is 17.9. The summed E-state index contributed by atoms with van der Waals surface area (Å²) in [5.74, 6) is -0.996. The van der Waals surface area contributed by atoms with Gasteiger partial charge < -0.3 is 19.6 Å². The fourth-order valence-electron chi connectivity index (χ4n) is 2.97. The lowest BCUT2D eigenvalue weighted by atomic mass is 10.1. The number of hydrogen-bond acceptors (Lipinski definition) is 6. The first-order valence-electron chi connectivity index (χ1n) is 8.47. The molecule has 2 heterocycles. The lowest BCUT2D eigenvalue weighted by molar-refractivity contribution is 0.0240. The Morgan fingerprint density at radius 1 is 1.12 bits per heavy atom. The number of aromatic nitrogens is 2. The minimum Gasteiger partial charge on any atom is -0.478 e. The summed E-state index contributed by atoms with van der Waals surface area (Å²) in [4.78, 5) is 27.4. The summed E-state index contributed by atoms with van der Waals surface area (Å²) in [6.07, 6.45) is 1.17. The zero-order chi connectivity index (χ0) is 18.9. The number of amides is 1. The molecule has 1 fully saturated rings. The van der Waals surface area contributed by atoms with Gasteiger partial charge >= 0.3 is 12.1 Å². The number of rotatable bonds is 2. The number of carbonyl (C=O) groups excluding carboxylic acids is 1. The molecule has 0 spiro atoms. The van der Waals surface area contributed by atoms with Gasteiger partial charge in [0.25, 0.3) is 0 Å². The number of hydrogen-bond donors (Lipinski definition) is 1. The van der Waals surface area contributed by atoms with Crippen LogP contribution < -0.4 is 4.90 Å². The number of benzene rings is 1. The van der Waals surface area contributed by atoms with Crippen LogP contribution in [0.2, 0.25) is 0 Å². The normalized spacial score (nSPS) is 15.2.